The number of carbonyl (C=O) groups excluding carboxylic acids is 1. The van der Waals surface area contributed by atoms with Crippen LogP contribution < -0.4 is 0 Å². The topological polar surface area (TPSA) is 68.5 Å². The molecule has 0 spiro atoms. The number of hydrogen-bond donors (Lipinski definition) is 0. The van der Waals surface area contributed by atoms with Gasteiger partial charge in [-0.2, -0.15) is 0 Å². The summed E-state index contributed by atoms with van der Waals surface area (Å²) in [6, 6.07) is 6.41. The van der Waals surface area contributed by atoms with Crippen LogP contribution in [0.25, 0.3) is 0 Å². The molecule has 0 radical (unpaired) electrons. The van der Waals surface area contributed by atoms with Crippen LogP contribution in [0.3, 0.4) is 0 Å². The molecule has 2 aliphatic rings. The zero-order valence-corrected chi connectivity index (χ0v) is 14.0. The number of benzene rings is 1. The molecule has 6 nitrogen and oxygen atoms in total. The van der Waals surface area contributed by atoms with E-state index in [9.17, 15) is 9.18 Å². The van der Waals surface area contributed by atoms with Crippen molar-refractivity contribution in [2.24, 2.45) is 5.92 Å². The molecule has 3 atom stereocenters. The first kappa shape index (κ1) is 16.2. The van der Waals surface area contributed by atoms with Crippen molar-refractivity contribution >= 4 is 5.91 Å². The van der Waals surface area contributed by atoms with Crippen LogP contribution in [0.2, 0.25) is 0 Å². The second kappa shape index (κ2) is 6.55. The summed E-state index contributed by atoms with van der Waals surface area (Å²) in [5, 5.41) is 7.83. The molecule has 2 aromatic rings. The standard InChI is InChI=1S/C18H20FN3O3/c1-11-20-21-17(24-11)8-14-6-13-9-22(10-16(13)25-14)18(23)7-12-4-2-3-5-15(12)19/h2-5,13-14,16H,6-10H2,1H3/t13-,14+,16+/m0/s1. The molecule has 2 saturated heterocycles. The lowest BCUT2D eigenvalue weighted by atomic mass is 10.0. The predicted octanol–water partition coefficient (Wildman–Crippen LogP) is 1.92. The van der Waals surface area contributed by atoms with Crippen molar-refractivity contribution in [3.05, 3.63) is 47.4 Å². The molecule has 0 unspecified atom stereocenters. The Morgan fingerprint density at radius 3 is 2.88 bits per heavy atom. The van der Waals surface area contributed by atoms with Crippen LogP contribution in [-0.4, -0.2) is 46.3 Å². The van der Waals surface area contributed by atoms with Gasteiger partial charge in [0.25, 0.3) is 0 Å². The maximum atomic E-state index is 13.7. The summed E-state index contributed by atoms with van der Waals surface area (Å²) in [5.74, 6) is 1.08. The quantitative estimate of drug-likeness (QED) is 0.847. The third-order valence-corrected chi connectivity index (χ3v) is 4.94. The second-order valence-electron chi connectivity index (χ2n) is 6.78. The third-order valence-electron chi connectivity index (χ3n) is 4.94. The smallest absolute Gasteiger partial charge is 0.227 e. The molecule has 1 aromatic carbocycles. The van der Waals surface area contributed by atoms with E-state index >= 15 is 0 Å². The summed E-state index contributed by atoms with van der Waals surface area (Å²) in [7, 11) is 0. The van der Waals surface area contributed by atoms with E-state index in [0.717, 1.165) is 6.42 Å². The maximum Gasteiger partial charge on any atom is 0.227 e. The van der Waals surface area contributed by atoms with E-state index in [0.29, 0.717) is 42.8 Å². The summed E-state index contributed by atoms with van der Waals surface area (Å²) >= 11 is 0. The summed E-state index contributed by atoms with van der Waals surface area (Å²) in [5.41, 5.74) is 0.440. The molecular formula is C18H20FN3O3. The highest BCUT2D eigenvalue weighted by Crippen LogP contribution is 2.34. The summed E-state index contributed by atoms with van der Waals surface area (Å²) < 4.78 is 25.2. The van der Waals surface area contributed by atoms with Crippen LogP contribution in [0.1, 0.15) is 23.8 Å². The Balaban J connectivity index is 1.31. The van der Waals surface area contributed by atoms with Gasteiger partial charge in [-0.15, -0.1) is 10.2 Å². The van der Waals surface area contributed by atoms with E-state index in [1.807, 2.05) is 0 Å². The summed E-state index contributed by atoms with van der Waals surface area (Å²) in [6.45, 7) is 2.99. The number of aryl methyl sites for hydroxylation is 1. The van der Waals surface area contributed by atoms with Gasteiger partial charge >= 0.3 is 0 Å². The Morgan fingerprint density at radius 2 is 2.16 bits per heavy atom. The van der Waals surface area contributed by atoms with Gasteiger partial charge in [-0.1, -0.05) is 18.2 Å². The van der Waals surface area contributed by atoms with Crippen molar-refractivity contribution < 1.29 is 18.3 Å². The second-order valence-corrected chi connectivity index (χ2v) is 6.78. The highest BCUT2D eigenvalue weighted by molar-refractivity contribution is 5.79. The first-order chi connectivity index (χ1) is 12.1. The SMILES string of the molecule is Cc1nnc(C[C@H]2C[C@H]3CN(C(=O)Cc4ccccc4F)C[C@H]3O2)o1. The molecule has 25 heavy (non-hydrogen) atoms. The third kappa shape index (κ3) is 3.42. The number of hydrogen-bond acceptors (Lipinski definition) is 5. The highest BCUT2D eigenvalue weighted by atomic mass is 19.1. The highest BCUT2D eigenvalue weighted by Gasteiger charge is 2.43. The van der Waals surface area contributed by atoms with Crippen molar-refractivity contribution in [3.63, 3.8) is 0 Å². The minimum atomic E-state index is -0.332. The molecule has 132 valence electrons. The van der Waals surface area contributed by atoms with E-state index in [1.165, 1.54) is 6.07 Å². The number of nitrogens with zero attached hydrogens (tertiary/aromatic N) is 3. The lowest BCUT2D eigenvalue weighted by molar-refractivity contribution is -0.130. The first-order valence-corrected chi connectivity index (χ1v) is 8.54. The van der Waals surface area contributed by atoms with Crippen LogP contribution >= 0.6 is 0 Å². The monoisotopic (exact) mass is 345 g/mol. The van der Waals surface area contributed by atoms with Crippen molar-refractivity contribution in [1.82, 2.24) is 15.1 Å². The number of rotatable bonds is 4. The average Bonchev–Trinajstić information content (AvgIpc) is 3.24. The molecule has 3 heterocycles. The fourth-order valence-electron chi connectivity index (χ4n) is 3.73. The van der Waals surface area contributed by atoms with Gasteiger partial charge in [0, 0.05) is 25.9 Å². The zero-order valence-electron chi connectivity index (χ0n) is 14.0. The number of carbonyl (C=O) groups is 1. The van der Waals surface area contributed by atoms with Crippen LogP contribution in [-0.2, 0) is 22.4 Å². The number of fused-ring (bicyclic) bond motifs is 1. The number of amides is 1. The number of halogens is 1. The first-order valence-electron chi connectivity index (χ1n) is 8.54. The lowest BCUT2D eigenvalue weighted by Gasteiger charge is -2.19. The van der Waals surface area contributed by atoms with E-state index in [4.69, 9.17) is 9.15 Å². The Bertz CT molecular complexity index is 764. The zero-order chi connectivity index (χ0) is 17.4. The molecule has 1 aromatic heterocycles. The number of aromatic nitrogens is 2. The molecule has 0 saturated carbocycles. The van der Waals surface area contributed by atoms with E-state index < -0.39 is 0 Å². The largest absolute Gasteiger partial charge is 0.426 e. The van der Waals surface area contributed by atoms with Gasteiger partial charge in [-0.05, 0) is 18.1 Å². The lowest BCUT2D eigenvalue weighted by Crippen LogP contribution is -2.33. The summed E-state index contributed by atoms with van der Waals surface area (Å²) in [4.78, 5) is 14.2. The Morgan fingerprint density at radius 1 is 1.32 bits per heavy atom. The van der Waals surface area contributed by atoms with Crippen molar-refractivity contribution in [1.29, 1.82) is 0 Å². The Labute approximate surface area is 145 Å². The average molecular weight is 345 g/mol. The van der Waals surface area contributed by atoms with Gasteiger partial charge < -0.3 is 14.1 Å². The molecule has 4 rings (SSSR count). The van der Waals surface area contributed by atoms with Crippen molar-refractivity contribution in [2.45, 2.75) is 38.4 Å². The Kier molecular flexibility index (Phi) is 4.25. The van der Waals surface area contributed by atoms with Crippen LogP contribution in [0.4, 0.5) is 4.39 Å². The molecule has 2 aliphatic heterocycles. The van der Waals surface area contributed by atoms with Crippen molar-refractivity contribution in [2.75, 3.05) is 13.1 Å². The van der Waals surface area contributed by atoms with E-state index in [-0.39, 0.29) is 30.4 Å². The number of likely N-dealkylation sites (tertiary alicyclic amines) is 1. The minimum Gasteiger partial charge on any atom is -0.426 e. The molecular weight excluding hydrogens is 325 g/mol. The van der Waals surface area contributed by atoms with Gasteiger partial charge in [0.1, 0.15) is 5.82 Å². The van der Waals surface area contributed by atoms with Crippen LogP contribution in [0, 0.1) is 18.7 Å². The van der Waals surface area contributed by atoms with Gasteiger partial charge in [0.15, 0.2) is 0 Å². The molecule has 2 fully saturated rings. The predicted molar refractivity (Wildman–Crippen MR) is 86.2 cm³/mol. The molecule has 7 heteroatoms. The molecule has 0 bridgehead atoms. The number of ether oxygens (including phenoxy) is 1. The molecule has 0 aliphatic carbocycles. The van der Waals surface area contributed by atoms with Gasteiger partial charge in [0.05, 0.1) is 25.0 Å². The molecule has 1 amide bonds. The van der Waals surface area contributed by atoms with E-state index in [1.54, 1.807) is 30.0 Å². The van der Waals surface area contributed by atoms with Gasteiger partial charge in [0.2, 0.25) is 17.7 Å². The van der Waals surface area contributed by atoms with Gasteiger partial charge in [-0.25, -0.2) is 4.39 Å². The maximum absolute atomic E-state index is 13.7. The summed E-state index contributed by atoms with van der Waals surface area (Å²) in [6.07, 6.45) is 1.67. The minimum absolute atomic E-state index is 0.0404. The van der Waals surface area contributed by atoms with Crippen LogP contribution in [0.5, 0.6) is 0 Å². The van der Waals surface area contributed by atoms with Crippen LogP contribution in [0.15, 0.2) is 28.7 Å². The van der Waals surface area contributed by atoms with E-state index in [2.05, 4.69) is 10.2 Å². The Hall–Kier alpha value is -2.28. The fraction of sp³-hybridized carbons (Fsp3) is 0.500. The van der Waals surface area contributed by atoms with Crippen molar-refractivity contribution in [3.8, 4) is 0 Å². The fourth-order valence-corrected chi connectivity index (χ4v) is 3.73. The molecule has 0 N–H and O–H groups in total. The normalized spacial score (nSPS) is 25.4. The van der Waals surface area contributed by atoms with Gasteiger partial charge in [-0.3, -0.25) is 4.79 Å².